The lowest BCUT2D eigenvalue weighted by Gasteiger charge is -2.31. The maximum absolute atomic E-state index is 13.5. The van der Waals surface area contributed by atoms with E-state index in [1.165, 1.54) is 18.1 Å². The number of aryl methyl sites for hydroxylation is 1. The van der Waals surface area contributed by atoms with E-state index in [4.69, 9.17) is 0 Å². The number of nitrogens with zero attached hydrogens (tertiary/aromatic N) is 2. The van der Waals surface area contributed by atoms with E-state index in [2.05, 4.69) is 5.32 Å². The number of anilines is 1. The molecule has 8 heteroatoms. The van der Waals surface area contributed by atoms with E-state index in [1.807, 2.05) is 0 Å². The number of carbonyl (C=O) groups is 2. The number of hydrogen-bond acceptors (Lipinski definition) is 3. The lowest BCUT2D eigenvalue weighted by atomic mass is 10.0. The van der Waals surface area contributed by atoms with Gasteiger partial charge in [-0.2, -0.15) is 0 Å². The number of rotatable bonds is 4. The Labute approximate surface area is 125 Å². The highest BCUT2D eigenvalue weighted by molar-refractivity contribution is 5.97. The summed E-state index contributed by atoms with van der Waals surface area (Å²) >= 11 is 0. The Morgan fingerprint density at radius 2 is 2.18 bits per heavy atom. The Morgan fingerprint density at radius 3 is 2.86 bits per heavy atom. The molecule has 0 bridgehead atoms. The maximum Gasteiger partial charge on any atom is 0.286 e. The second kappa shape index (κ2) is 6.67. The number of carbonyl (C=O) groups excluding carboxylic acids is 2. The number of likely N-dealkylation sites (N-methyl/N-ethyl adjacent to an activating group) is 1. The van der Waals surface area contributed by atoms with Gasteiger partial charge in [0.25, 0.3) is 5.56 Å². The van der Waals surface area contributed by atoms with Gasteiger partial charge in [-0.15, -0.1) is 0 Å². The van der Waals surface area contributed by atoms with Crippen molar-refractivity contribution in [3.8, 4) is 0 Å². The monoisotopic (exact) mass is 313 g/mol. The Kier molecular flexibility index (Phi) is 4.89. The largest absolute Gasteiger partial charge is 0.334 e. The fourth-order valence-corrected chi connectivity index (χ4v) is 2.45. The lowest BCUT2D eigenvalue weighted by Crippen LogP contribution is -2.47. The van der Waals surface area contributed by atoms with Gasteiger partial charge in [-0.25, -0.2) is 8.78 Å². The smallest absolute Gasteiger partial charge is 0.286 e. The van der Waals surface area contributed by atoms with Crippen molar-refractivity contribution in [3.05, 3.63) is 28.4 Å². The Balaban J connectivity index is 2.18. The average Bonchev–Trinajstić information content (AvgIpc) is 2.47. The highest BCUT2D eigenvalue weighted by Gasteiger charge is 2.30. The van der Waals surface area contributed by atoms with Gasteiger partial charge in [0.15, 0.2) is 5.82 Å². The van der Waals surface area contributed by atoms with Gasteiger partial charge in [-0.3, -0.25) is 14.4 Å². The summed E-state index contributed by atoms with van der Waals surface area (Å²) in [5.74, 6) is -1.65. The van der Waals surface area contributed by atoms with Gasteiger partial charge < -0.3 is 14.8 Å². The Morgan fingerprint density at radius 1 is 1.45 bits per heavy atom. The summed E-state index contributed by atoms with van der Waals surface area (Å²) in [5, 5.41) is 2.47. The first-order chi connectivity index (χ1) is 10.4. The highest BCUT2D eigenvalue weighted by Crippen LogP contribution is 2.18. The van der Waals surface area contributed by atoms with Gasteiger partial charge in [-0.05, 0) is 12.8 Å². The predicted octanol–water partition coefficient (Wildman–Crippen LogP) is 0.906. The number of pyridine rings is 1. The molecule has 22 heavy (non-hydrogen) atoms. The molecule has 1 unspecified atom stereocenters. The second-order valence-corrected chi connectivity index (χ2v) is 5.17. The Hall–Kier alpha value is -2.25. The van der Waals surface area contributed by atoms with Crippen molar-refractivity contribution in [2.75, 3.05) is 19.0 Å². The van der Waals surface area contributed by atoms with E-state index in [-0.39, 0.29) is 18.1 Å². The molecule has 6 nitrogen and oxygen atoms in total. The van der Waals surface area contributed by atoms with Gasteiger partial charge in [0.2, 0.25) is 11.8 Å². The normalized spacial score (nSPS) is 18.4. The van der Waals surface area contributed by atoms with Crippen LogP contribution in [-0.4, -0.2) is 41.0 Å². The van der Waals surface area contributed by atoms with Crippen LogP contribution in [-0.2, 0) is 16.1 Å². The van der Waals surface area contributed by atoms with Crippen molar-refractivity contribution in [1.82, 2.24) is 9.47 Å². The fraction of sp³-hybridized carbons (Fsp3) is 0.500. The van der Waals surface area contributed by atoms with E-state index in [1.54, 1.807) is 0 Å². The number of hydrogen-bond donors (Lipinski definition) is 1. The van der Waals surface area contributed by atoms with Crippen LogP contribution in [0.5, 0.6) is 0 Å². The number of amides is 2. The molecule has 0 radical (unpaired) electrons. The van der Waals surface area contributed by atoms with Crippen LogP contribution in [0.4, 0.5) is 14.5 Å². The Bertz CT molecular complexity index is 645. The molecule has 1 N–H and O–H groups in total. The second-order valence-electron chi connectivity index (χ2n) is 5.17. The molecule has 120 valence electrons. The summed E-state index contributed by atoms with van der Waals surface area (Å²) in [5.41, 5.74) is -0.886. The molecule has 0 saturated carbocycles. The van der Waals surface area contributed by atoms with Gasteiger partial charge in [-0.1, -0.05) is 0 Å². The molecular weight excluding hydrogens is 296 g/mol. The standard InChI is InChI=1S/C14H17F2N3O3/c1-18-11(3-2-4-12(18)20)13(21)17-9-7-10(16)14(22)19(8-9)6-5-15/h7-8,11H,2-6H2,1H3,(H,17,21). The van der Waals surface area contributed by atoms with E-state index in [0.717, 1.165) is 10.6 Å². The number of likely N-dealkylation sites (tertiary alicyclic amines) is 1. The summed E-state index contributed by atoms with van der Waals surface area (Å²) in [6.45, 7) is -1.11. The first kappa shape index (κ1) is 16.1. The first-order valence-corrected chi connectivity index (χ1v) is 6.96. The van der Waals surface area contributed by atoms with Crippen molar-refractivity contribution >= 4 is 17.5 Å². The quantitative estimate of drug-likeness (QED) is 0.898. The zero-order valence-electron chi connectivity index (χ0n) is 12.1. The third-order valence-electron chi connectivity index (χ3n) is 3.67. The molecule has 1 aromatic rings. The van der Waals surface area contributed by atoms with Crippen molar-refractivity contribution in [2.24, 2.45) is 0 Å². The molecule has 0 aromatic carbocycles. The van der Waals surface area contributed by atoms with Crippen LogP contribution in [0.15, 0.2) is 17.1 Å². The molecule has 0 aliphatic carbocycles. The van der Waals surface area contributed by atoms with Crippen LogP contribution in [0.1, 0.15) is 19.3 Å². The number of alkyl halides is 1. The molecule has 2 heterocycles. The average molecular weight is 313 g/mol. The predicted molar refractivity (Wildman–Crippen MR) is 75.7 cm³/mol. The van der Waals surface area contributed by atoms with Crippen molar-refractivity contribution < 1.29 is 18.4 Å². The molecule has 2 amide bonds. The third kappa shape index (κ3) is 3.32. The molecule has 1 saturated heterocycles. The van der Waals surface area contributed by atoms with Crippen LogP contribution in [0.2, 0.25) is 0 Å². The van der Waals surface area contributed by atoms with Crippen LogP contribution >= 0.6 is 0 Å². The summed E-state index contributed by atoms with van der Waals surface area (Å²) in [4.78, 5) is 36.6. The molecule has 1 fully saturated rings. The van der Waals surface area contributed by atoms with E-state index in [0.29, 0.717) is 19.3 Å². The van der Waals surface area contributed by atoms with Crippen LogP contribution in [0.3, 0.4) is 0 Å². The first-order valence-electron chi connectivity index (χ1n) is 6.96. The molecule has 1 atom stereocenters. The van der Waals surface area contributed by atoms with Crippen molar-refractivity contribution in [3.63, 3.8) is 0 Å². The molecule has 1 aliphatic heterocycles. The highest BCUT2D eigenvalue weighted by atomic mass is 19.1. The maximum atomic E-state index is 13.5. The number of nitrogens with one attached hydrogen (secondary N) is 1. The zero-order chi connectivity index (χ0) is 16.3. The molecular formula is C14H17F2N3O3. The zero-order valence-corrected chi connectivity index (χ0v) is 12.1. The molecule has 1 aliphatic rings. The lowest BCUT2D eigenvalue weighted by molar-refractivity contribution is -0.140. The van der Waals surface area contributed by atoms with Gasteiger partial charge in [0, 0.05) is 25.7 Å². The number of piperidine rings is 1. The topological polar surface area (TPSA) is 71.4 Å². The third-order valence-corrected chi connectivity index (χ3v) is 3.67. The van der Waals surface area contributed by atoms with Crippen LogP contribution < -0.4 is 10.9 Å². The van der Waals surface area contributed by atoms with Gasteiger partial charge in [0.1, 0.15) is 12.7 Å². The van der Waals surface area contributed by atoms with Crippen molar-refractivity contribution in [1.29, 1.82) is 0 Å². The minimum atomic E-state index is -1.07. The summed E-state index contributed by atoms with van der Waals surface area (Å²) in [6.07, 6.45) is 2.71. The van der Waals surface area contributed by atoms with Gasteiger partial charge >= 0.3 is 0 Å². The summed E-state index contributed by atoms with van der Waals surface area (Å²) < 4.78 is 26.7. The number of aromatic nitrogens is 1. The molecule has 1 aromatic heterocycles. The van der Waals surface area contributed by atoms with E-state index < -0.39 is 30.0 Å². The fourth-order valence-electron chi connectivity index (χ4n) is 2.45. The minimum Gasteiger partial charge on any atom is -0.334 e. The van der Waals surface area contributed by atoms with Crippen LogP contribution in [0, 0.1) is 5.82 Å². The number of halogens is 2. The van der Waals surface area contributed by atoms with Crippen molar-refractivity contribution in [2.45, 2.75) is 31.8 Å². The minimum absolute atomic E-state index is 0.0574. The van der Waals surface area contributed by atoms with E-state index >= 15 is 0 Å². The molecule has 2 rings (SSSR count). The van der Waals surface area contributed by atoms with Crippen LogP contribution in [0.25, 0.3) is 0 Å². The van der Waals surface area contributed by atoms with Gasteiger partial charge in [0.05, 0.1) is 12.2 Å². The summed E-state index contributed by atoms with van der Waals surface area (Å²) in [6, 6.07) is 0.255. The summed E-state index contributed by atoms with van der Waals surface area (Å²) in [7, 11) is 1.54. The van der Waals surface area contributed by atoms with E-state index in [9.17, 15) is 23.2 Å². The molecule has 0 spiro atoms. The SMILES string of the molecule is CN1C(=O)CCCC1C(=O)Nc1cc(F)c(=O)n(CCF)c1.